The molecule has 0 radical (unpaired) electrons. The largest absolute Gasteiger partial charge is 0.355 e. The summed E-state index contributed by atoms with van der Waals surface area (Å²) in [5.74, 6) is -1.08. The average Bonchev–Trinajstić information content (AvgIpc) is 2.88. The lowest BCUT2D eigenvalue weighted by Crippen LogP contribution is -2.31. The second-order valence-corrected chi connectivity index (χ2v) is 9.63. The van der Waals surface area contributed by atoms with Crippen LogP contribution in [0.2, 0.25) is 0 Å². The molecule has 0 aliphatic heterocycles. The highest BCUT2D eigenvalue weighted by Gasteiger charge is 2.25. The summed E-state index contributed by atoms with van der Waals surface area (Å²) in [5, 5.41) is 25.3. The zero-order chi connectivity index (χ0) is 27.9. The number of benzene rings is 2. The number of hydrogen-bond acceptors (Lipinski definition) is 11. The van der Waals surface area contributed by atoms with Gasteiger partial charge in [0, 0.05) is 30.9 Å². The Morgan fingerprint density at radius 1 is 0.921 bits per heavy atom. The van der Waals surface area contributed by atoms with Gasteiger partial charge < -0.3 is 5.32 Å². The monoisotopic (exact) mass is 544 g/mol. The number of amides is 1. The minimum absolute atomic E-state index is 0.0713. The first-order valence-corrected chi connectivity index (χ1v) is 12.7. The minimum atomic E-state index is -3.67. The highest BCUT2D eigenvalue weighted by molar-refractivity contribution is 7.89. The molecule has 0 saturated heterocycles. The lowest BCUT2D eigenvalue weighted by Gasteiger charge is -2.18. The summed E-state index contributed by atoms with van der Waals surface area (Å²) < 4.78 is 26.6. The van der Waals surface area contributed by atoms with Crippen LogP contribution in [0.4, 0.5) is 28.7 Å². The summed E-state index contributed by atoms with van der Waals surface area (Å²) in [6.45, 7) is 4.09. The molecule has 3 N–H and O–H groups in total. The fraction of sp³-hybridized carbons (Fsp3) is 0.227. The molecule has 0 atom stereocenters. The van der Waals surface area contributed by atoms with Gasteiger partial charge in [0.05, 0.1) is 21.2 Å². The van der Waals surface area contributed by atoms with Crippen molar-refractivity contribution in [3.63, 3.8) is 0 Å². The van der Waals surface area contributed by atoms with Crippen LogP contribution in [0, 0.1) is 20.2 Å². The Balaban J connectivity index is 1.73. The lowest BCUT2D eigenvalue weighted by molar-refractivity contribution is -0.384. The molecule has 38 heavy (non-hydrogen) atoms. The zero-order valence-electron chi connectivity index (χ0n) is 20.3. The number of carbonyl (C=O) groups excluding carboxylic acids is 1. The molecule has 0 unspecified atom stereocenters. The third-order valence-electron chi connectivity index (χ3n) is 5.30. The number of anilines is 3. The standard InChI is InChI=1S/C22H24N8O7S/c1-3-28(4-2)38(36,37)18-11-7-16(8-12-18)25-21-20(30(34)35)22(24-14-23-21)27-26-19(31)13-15-5-9-17(10-6-15)29(32)33/h5-12,14H,3-4,13H2,1-2H3,(H,26,31)(H2,23,24,25,27). The van der Waals surface area contributed by atoms with E-state index < -0.39 is 31.5 Å². The normalized spacial score (nSPS) is 11.1. The molecule has 15 nitrogen and oxygen atoms in total. The van der Waals surface area contributed by atoms with Crippen molar-refractivity contribution >= 4 is 44.6 Å². The lowest BCUT2D eigenvalue weighted by atomic mass is 10.1. The zero-order valence-corrected chi connectivity index (χ0v) is 21.1. The van der Waals surface area contributed by atoms with E-state index in [0.717, 1.165) is 6.33 Å². The molecule has 0 fully saturated rings. The van der Waals surface area contributed by atoms with E-state index in [9.17, 15) is 33.4 Å². The Hall–Kier alpha value is -4.70. The Kier molecular flexibility index (Phi) is 8.82. The van der Waals surface area contributed by atoms with Crippen LogP contribution in [-0.2, 0) is 21.2 Å². The van der Waals surface area contributed by atoms with Gasteiger partial charge in [-0.05, 0) is 29.8 Å². The number of rotatable bonds is 12. The number of non-ortho nitro benzene ring substituents is 1. The third-order valence-corrected chi connectivity index (χ3v) is 7.36. The Morgan fingerprint density at radius 2 is 1.53 bits per heavy atom. The van der Waals surface area contributed by atoms with Crippen LogP contribution in [0.25, 0.3) is 0 Å². The summed E-state index contributed by atoms with van der Waals surface area (Å²) in [6.07, 6.45) is 0.886. The predicted octanol–water partition coefficient (Wildman–Crippen LogP) is 2.75. The molecule has 0 aliphatic rings. The maximum Gasteiger partial charge on any atom is 0.355 e. The summed E-state index contributed by atoms with van der Waals surface area (Å²) in [7, 11) is -3.67. The number of aromatic nitrogens is 2. The van der Waals surface area contributed by atoms with E-state index in [0.29, 0.717) is 24.3 Å². The fourth-order valence-electron chi connectivity index (χ4n) is 3.39. The number of nitrogens with zero attached hydrogens (tertiary/aromatic N) is 5. The molecule has 3 rings (SSSR count). The van der Waals surface area contributed by atoms with Crippen molar-refractivity contribution in [1.29, 1.82) is 0 Å². The Bertz CT molecular complexity index is 1430. The molecular formula is C22H24N8O7S. The van der Waals surface area contributed by atoms with Crippen molar-refractivity contribution in [3.05, 3.63) is 80.7 Å². The van der Waals surface area contributed by atoms with Gasteiger partial charge in [0.25, 0.3) is 5.69 Å². The summed E-state index contributed by atoms with van der Waals surface area (Å²) >= 11 is 0. The summed E-state index contributed by atoms with van der Waals surface area (Å²) in [6, 6.07) is 11.0. The van der Waals surface area contributed by atoms with Crippen molar-refractivity contribution in [1.82, 2.24) is 19.7 Å². The van der Waals surface area contributed by atoms with Gasteiger partial charge in [0.15, 0.2) is 0 Å². The van der Waals surface area contributed by atoms with Crippen molar-refractivity contribution in [2.24, 2.45) is 0 Å². The molecule has 1 aromatic heterocycles. The van der Waals surface area contributed by atoms with Crippen LogP contribution < -0.4 is 16.2 Å². The third kappa shape index (κ3) is 6.54. The number of sulfonamides is 1. The molecule has 2 aromatic carbocycles. The van der Waals surface area contributed by atoms with E-state index in [-0.39, 0.29) is 28.6 Å². The molecular weight excluding hydrogens is 520 g/mol. The van der Waals surface area contributed by atoms with Crippen molar-refractivity contribution < 1.29 is 23.1 Å². The quantitative estimate of drug-likeness (QED) is 0.223. The molecule has 16 heteroatoms. The first-order valence-electron chi connectivity index (χ1n) is 11.2. The van der Waals surface area contributed by atoms with E-state index in [1.807, 2.05) is 0 Å². The van der Waals surface area contributed by atoms with Crippen LogP contribution in [0.15, 0.2) is 59.8 Å². The van der Waals surface area contributed by atoms with Crippen LogP contribution in [0.3, 0.4) is 0 Å². The minimum Gasteiger partial charge on any atom is -0.334 e. The summed E-state index contributed by atoms with van der Waals surface area (Å²) in [5.41, 5.74) is 4.83. The molecule has 0 spiro atoms. The van der Waals surface area contributed by atoms with E-state index in [4.69, 9.17) is 0 Å². The molecule has 3 aromatic rings. The fourth-order valence-corrected chi connectivity index (χ4v) is 4.85. The molecule has 1 heterocycles. The van der Waals surface area contributed by atoms with Crippen LogP contribution in [0.1, 0.15) is 19.4 Å². The number of nitro benzene ring substituents is 1. The van der Waals surface area contributed by atoms with Crippen LogP contribution in [0.5, 0.6) is 0 Å². The smallest absolute Gasteiger partial charge is 0.334 e. The van der Waals surface area contributed by atoms with Gasteiger partial charge in [-0.2, -0.15) is 4.31 Å². The van der Waals surface area contributed by atoms with E-state index in [1.54, 1.807) is 13.8 Å². The highest BCUT2D eigenvalue weighted by atomic mass is 32.2. The topological polar surface area (TPSA) is 203 Å². The van der Waals surface area contributed by atoms with Gasteiger partial charge in [-0.3, -0.25) is 35.9 Å². The number of nitro groups is 2. The predicted molar refractivity (Wildman–Crippen MR) is 137 cm³/mol. The second kappa shape index (κ2) is 12.0. The molecule has 200 valence electrons. The van der Waals surface area contributed by atoms with Crippen molar-refractivity contribution in [3.8, 4) is 0 Å². The van der Waals surface area contributed by atoms with Gasteiger partial charge in [-0.15, -0.1) is 0 Å². The number of carbonyl (C=O) groups is 1. The van der Waals surface area contributed by atoms with Gasteiger partial charge in [0.2, 0.25) is 27.6 Å². The van der Waals surface area contributed by atoms with E-state index in [1.165, 1.54) is 52.8 Å². The number of hydrazine groups is 1. The molecule has 1 amide bonds. The maximum absolute atomic E-state index is 12.7. The van der Waals surface area contributed by atoms with Gasteiger partial charge in [-0.1, -0.05) is 26.0 Å². The number of hydrogen-bond donors (Lipinski definition) is 3. The molecule has 0 aliphatic carbocycles. The first-order chi connectivity index (χ1) is 18.1. The molecule has 0 saturated carbocycles. The van der Waals surface area contributed by atoms with Gasteiger partial charge in [-0.25, -0.2) is 18.4 Å². The van der Waals surface area contributed by atoms with E-state index >= 15 is 0 Å². The van der Waals surface area contributed by atoms with Gasteiger partial charge >= 0.3 is 5.69 Å². The SMILES string of the molecule is CCN(CC)S(=O)(=O)c1ccc(Nc2ncnc(NNC(=O)Cc3ccc([N+](=O)[O-])cc3)c2[N+](=O)[O-])cc1. The van der Waals surface area contributed by atoms with E-state index in [2.05, 4.69) is 26.1 Å². The highest BCUT2D eigenvalue weighted by Crippen LogP contribution is 2.31. The molecule has 0 bridgehead atoms. The van der Waals surface area contributed by atoms with Crippen LogP contribution in [-0.4, -0.2) is 51.5 Å². The van der Waals surface area contributed by atoms with Crippen molar-refractivity contribution in [2.45, 2.75) is 25.2 Å². The first kappa shape index (κ1) is 27.9. The van der Waals surface area contributed by atoms with Gasteiger partial charge in [0.1, 0.15) is 6.33 Å². The average molecular weight is 545 g/mol. The second-order valence-electron chi connectivity index (χ2n) is 7.69. The maximum atomic E-state index is 12.7. The Labute approximate surface area is 217 Å². The summed E-state index contributed by atoms with van der Waals surface area (Å²) in [4.78, 5) is 41.3. The van der Waals surface area contributed by atoms with Crippen LogP contribution >= 0.6 is 0 Å². The van der Waals surface area contributed by atoms with Crippen molar-refractivity contribution in [2.75, 3.05) is 23.8 Å². The Morgan fingerprint density at radius 3 is 2.08 bits per heavy atom. The number of nitrogens with one attached hydrogen (secondary N) is 3.